The Bertz CT molecular complexity index is 551. The summed E-state index contributed by atoms with van der Waals surface area (Å²) in [5, 5.41) is 2.99. The maximum atomic E-state index is 12.0. The molecule has 0 radical (unpaired) electrons. The SMILES string of the molecule is CCC(NC(=O)CCc1ccccc1N)c1ncc[nH]1. The van der Waals surface area contributed by atoms with Crippen LogP contribution < -0.4 is 11.1 Å². The lowest BCUT2D eigenvalue weighted by Gasteiger charge is -2.14. The molecule has 0 saturated heterocycles. The monoisotopic (exact) mass is 272 g/mol. The van der Waals surface area contributed by atoms with Gasteiger partial charge in [0.05, 0.1) is 6.04 Å². The zero-order valence-electron chi connectivity index (χ0n) is 11.6. The Balaban J connectivity index is 1.88. The summed E-state index contributed by atoms with van der Waals surface area (Å²) in [5.74, 6) is 0.802. The van der Waals surface area contributed by atoms with Crippen LogP contribution in [0.4, 0.5) is 5.69 Å². The standard InChI is InChI=1S/C15H20N4O/c1-2-13(15-17-9-10-18-15)19-14(20)8-7-11-5-3-4-6-12(11)16/h3-6,9-10,13H,2,7-8,16H2,1H3,(H,17,18)(H,19,20). The van der Waals surface area contributed by atoms with E-state index in [1.807, 2.05) is 31.2 Å². The van der Waals surface area contributed by atoms with E-state index < -0.39 is 0 Å². The Morgan fingerprint density at radius 1 is 1.45 bits per heavy atom. The van der Waals surface area contributed by atoms with Gasteiger partial charge in [-0.25, -0.2) is 4.98 Å². The lowest BCUT2D eigenvalue weighted by Crippen LogP contribution is -2.29. The van der Waals surface area contributed by atoms with Crippen LogP contribution in [0.2, 0.25) is 0 Å². The van der Waals surface area contributed by atoms with Crippen molar-refractivity contribution < 1.29 is 4.79 Å². The van der Waals surface area contributed by atoms with Crippen LogP contribution in [0.5, 0.6) is 0 Å². The van der Waals surface area contributed by atoms with Crippen LogP contribution in [0.15, 0.2) is 36.7 Å². The van der Waals surface area contributed by atoms with E-state index in [-0.39, 0.29) is 11.9 Å². The van der Waals surface area contributed by atoms with Gasteiger partial charge in [-0.2, -0.15) is 0 Å². The van der Waals surface area contributed by atoms with Crippen LogP contribution in [-0.4, -0.2) is 15.9 Å². The van der Waals surface area contributed by atoms with Gasteiger partial charge in [0, 0.05) is 24.5 Å². The number of hydrogen-bond donors (Lipinski definition) is 3. The summed E-state index contributed by atoms with van der Waals surface area (Å²) < 4.78 is 0. The molecule has 0 bridgehead atoms. The number of hydrogen-bond acceptors (Lipinski definition) is 3. The van der Waals surface area contributed by atoms with Crippen LogP contribution in [0, 0.1) is 0 Å². The van der Waals surface area contributed by atoms with Gasteiger partial charge in [-0.15, -0.1) is 0 Å². The van der Waals surface area contributed by atoms with Gasteiger partial charge in [-0.05, 0) is 24.5 Å². The van der Waals surface area contributed by atoms with Crippen molar-refractivity contribution in [2.24, 2.45) is 0 Å². The van der Waals surface area contributed by atoms with E-state index in [2.05, 4.69) is 15.3 Å². The summed E-state index contributed by atoms with van der Waals surface area (Å²) in [7, 11) is 0. The van der Waals surface area contributed by atoms with E-state index in [0.717, 1.165) is 23.5 Å². The molecule has 5 nitrogen and oxygen atoms in total. The van der Waals surface area contributed by atoms with Gasteiger partial charge in [-0.3, -0.25) is 4.79 Å². The number of H-pyrrole nitrogens is 1. The molecule has 0 saturated carbocycles. The van der Waals surface area contributed by atoms with E-state index in [0.29, 0.717) is 12.8 Å². The molecule has 5 heteroatoms. The number of nitrogens with one attached hydrogen (secondary N) is 2. The van der Waals surface area contributed by atoms with Crippen LogP contribution in [0.25, 0.3) is 0 Å². The summed E-state index contributed by atoms with van der Waals surface area (Å²) in [6, 6.07) is 7.56. The minimum absolute atomic E-state index is 0.0107. The van der Waals surface area contributed by atoms with Crippen molar-refractivity contribution in [1.82, 2.24) is 15.3 Å². The highest BCUT2D eigenvalue weighted by Gasteiger charge is 2.14. The first-order valence-corrected chi connectivity index (χ1v) is 6.82. The number of anilines is 1. The van der Waals surface area contributed by atoms with Crippen LogP contribution >= 0.6 is 0 Å². The number of carbonyl (C=O) groups is 1. The quantitative estimate of drug-likeness (QED) is 0.705. The van der Waals surface area contributed by atoms with E-state index in [9.17, 15) is 4.79 Å². The number of carbonyl (C=O) groups excluding carboxylic acids is 1. The van der Waals surface area contributed by atoms with Crippen LogP contribution in [0.3, 0.4) is 0 Å². The number of aromatic nitrogens is 2. The van der Waals surface area contributed by atoms with Gasteiger partial charge < -0.3 is 16.0 Å². The van der Waals surface area contributed by atoms with Gasteiger partial charge in [0.25, 0.3) is 0 Å². The lowest BCUT2D eigenvalue weighted by atomic mass is 10.1. The first-order valence-electron chi connectivity index (χ1n) is 6.82. The van der Waals surface area contributed by atoms with Crippen molar-refractivity contribution in [3.05, 3.63) is 48.0 Å². The molecule has 0 fully saturated rings. The molecule has 2 rings (SSSR count). The summed E-state index contributed by atoms with van der Waals surface area (Å²) in [6.07, 6.45) is 5.31. The number of amides is 1. The fourth-order valence-electron chi connectivity index (χ4n) is 2.11. The molecule has 0 aliphatic carbocycles. The number of rotatable bonds is 6. The topological polar surface area (TPSA) is 83.8 Å². The van der Waals surface area contributed by atoms with Gasteiger partial charge in [0.15, 0.2) is 0 Å². The minimum atomic E-state index is -0.0642. The Morgan fingerprint density at radius 3 is 2.90 bits per heavy atom. The summed E-state index contributed by atoms with van der Waals surface area (Å²) in [5.41, 5.74) is 7.61. The van der Waals surface area contributed by atoms with Gasteiger partial charge >= 0.3 is 0 Å². The predicted octanol–water partition coefficient (Wildman–Crippen LogP) is 2.19. The molecule has 1 atom stereocenters. The molecule has 0 aliphatic rings. The number of imidazole rings is 1. The molecular formula is C15H20N4O. The van der Waals surface area contributed by atoms with E-state index in [1.54, 1.807) is 12.4 Å². The number of benzene rings is 1. The third-order valence-electron chi connectivity index (χ3n) is 3.27. The third kappa shape index (κ3) is 3.60. The molecule has 1 aromatic carbocycles. The highest BCUT2D eigenvalue weighted by Crippen LogP contribution is 2.14. The third-order valence-corrected chi connectivity index (χ3v) is 3.27. The minimum Gasteiger partial charge on any atom is -0.399 e. The second-order valence-electron chi connectivity index (χ2n) is 4.70. The lowest BCUT2D eigenvalue weighted by molar-refractivity contribution is -0.121. The number of para-hydroxylation sites is 1. The molecule has 0 aliphatic heterocycles. The first-order chi connectivity index (χ1) is 9.70. The van der Waals surface area contributed by atoms with Crippen molar-refractivity contribution >= 4 is 11.6 Å². The van der Waals surface area contributed by atoms with Gasteiger partial charge in [0.2, 0.25) is 5.91 Å². The molecule has 1 heterocycles. The fourth-order valence-corrected chi connectivity index (χ4v) is 2.11. The molecule has 4 N–H and O–H groups in total. The van der Waals surface area contributed by atoms with Crippen LogP contribution in [-0.2, 0) is 11.2 Å². The number of nitrogen functional groups attached to an aromatic ring is 1. The second-order valence-corrected chi connectivity index (χ2v) is 4.70. The summed E-state index contributed by atoms with van der Waals surface area (Å²) >= 11 is 0. The zero-order valence-corrected chi connectivity index (χ0v) is 11.6. The predicted molar refractivity (Wildman–Crippen MR) is 78.9 cm³/mol. The van der Waals surface area contributed by atoms with Crippen molar-refractivity contribution in [2.45, 2.75) is 32.2 Å². The molecule has 1 aromatic heterocycles. The first kappa shape index (κ1) is 14.1. The van der Waals surface area contributed by atoms with Crippen molar-refractivity contribution in [1.29, 1.82) is 0 Å². The average Bonchev–Trinajstić information content (AvgIpc) is 2.98. The zero-order chi connectivity index (χ0) is 14.4. The average molecular weight is 272 g/mol. The Hall–Kier alpha value is -2.30. The van der Waals surface area contributed by atoms with Crippen LogP contribution in [0.1, 0.15) is 37.2 Å². The molecular weight excluding hydrogens is 252 g/mol. The van der Waals surface area contributed by atoms with E-state index in [4.69, 9.17) is 5.73 Å². The highest BCUT2D eigenvalue weighted by atomic mass is 16.1. The van der Waals surface area contributed by atoms with Gasteiger partial charge in [-0.1, -0.05) is 25.1 Å². The van der Waals surface area contributed by atoms with E-state index >= 15 is 0 Å². The second kappa shape index (κ2) is 6.75. The number of nitrogens with zero attached hydrogens (tertiary/aromatic N) is 1. The normalized spacial score (nSPS) is 12.1. The largest absolute Gasteiger partial charge is 0.399 e. The van der Waals surface area contributed by atoms with Crippen molar-refractivity contribution in [3.8, 4) is 0 Å². The molecule has 1 unspecified atom stereocenters. The summed E-state index contributed by atoms with van der Waals surface area (Å²) in [6.45, 7) is 2.02. The highest BCUT2D eigenvalue weighted by molar-refractivity contribution is 5.76. The molecule has 20 heavy (non-hydrogen) atoms. The molecule has 2 aromatic rings. The number of aromatic amines is 1. The maximum Gasteiger partial charge on any atom is 0.220 e. The Morgan fingerprint density at radius 2 is 2.25 bits per heavy atom. The molecule has 106 valence electrons. The van der Waals surface area contributed by atoms with Gasteiger partial charge in [0.1, 0.15) is 5.82 Å². The smallest absolute Gasteiger partial charge is 0.220 e. The Kier molecular flexibility index (Phi) is 4.76. The fraction of sp³-hybridized carbons (Fsp3) is 0.333. The Labute approximate surface area is 118 Å². The van der Waals surface area contributed by atoms with Crippen molar-refractivity contribution in [3.63, 3.8) is 0 Å². The molecule has 1 amide bonds. The van der Waals surface area contributed by atoms with E-state index in [1.165, 1.54) is 0 Å². The number of nitrogens with two attached hydrogens (primary N) is 1. The number of aryl methyl sites for hydroxylation is 1. The van der Waals surface area contributed by atoms with Crippen molar-refractivity contribution in [2.75, 3.05) is 5.73 Å². The summed E-state index contributed by atoms with van der Waals surface area (Å²) in [4.78, 5) is 19.2. The molecule has 0 spiro atoms. The maximum absolute atomic E-state index is 12.0.